The normalized spacial score (nSPS) is 42.2. The van der Waals surface area contributed by atoms with Crippen LogP contribution in [0.5, 0.6) is 11.5 Å². The van der Waals surface area contributed by atoms with Gasteiger partial charge in [0.05, 0.1) is 7.11 Å². The largest absolute Gasteiger partial charge is 0.504 e. The van der Waals surface area contributed by atoms with Crippen molar-refractivity contribution >= 4 is 12.0 Å². The molecule has 0 saturated heterocycles. The number of rotatable bonds is 4. The summed E-state index contributed by atoms with van der Waals surface area (Å²) >= 11 is 0. The molecule has 0 heterocycles. The van der Waals surface area contributed by atoms with Crippen molar-refractivity contribution in [1.29, 1.82) is 0 Å². The molecule has 5 aliphatic carbocycles. The summed E-state index contributed by atoms with van der Waals surface area (Å²) in [5.41, 5.74) is 4.23. The Hall–Kier alpha value is -2.23. The fraction of sp³-hybridized carbons (Fsp3) is 0.725. The third kappa shape index (κ3) is 4.79. The van der Waals surface area contributed by atoms with E-state index in [9.17, 15) is 9.90 Å². The maximum atomic E-state index is 13.1. The molecule has 5 aliphatic rings. The van der Waals surface area contributed by atoms with Gasteiger partial charge < -0.3 is 14.6 Å². The van der Waals surface area contributed by atoms with Gasteiger partial charge in [-0.1, -0.05) is 73.1 Å². The molecule has 4 heteroatoms. The lowest BCUT2D eigenvalue weighted by Gasteiger charge is -2.70. The molecule has 0 spiro atoms. The molecule has 0 aliphatic heterocycles. The molecule has 242 valence electrons. The summed E-state index contributed by atoms with van der Waals surface area (Å²) in [6.45, 7) is 20.3. The number of ether oxygens (including phenoxy) is 2. The molecule has 4 fully saturated rings. The van der Waals surface area contributed by atoms with Crippen molar-refractivity contribution in [2.45, 2.75) is 126 Å². The summed E-state index contributed by atoms with van der Waals surface area (Å²) in [5, 5.41) is 9.89. The van der Waals surface area contributed by atoms with E-state index in [4.69, 9.17) is 9.47 Å². The number of aromatic hydroxyl groups is 1. The van der Waals surface area contributed by atoms with Gasteiger partial charge in [-0.05, 0) is 133 Å². The zero-order valence-corrected chi connectivity index (χ0v) is 29.0. The molecule has 44 heavy (non-hydrogen) atoms. The zero-order chi connectivity index (χ0) is 31.9. The van der Waals surface area contributed by atoms with E-state index < -0.39 is 0 Å². The second-order valence-electron chi connectivity index (χ2n) is 18.0. The average molecular weight is 603 g/mol. The van der Waals surface area contributed by atoms with Crippen molar-refractivity contribution < 1.29 is 19.4 Å². The summed E-state index contributed by atoms with van der Waals surface area (Å²) in [4.78, 5) is 13.1. The van der Waals surface area contributed by atoms with E-state index in [1.165, 1.54) is 64.6 Å². The fourth-order valence-corrected chi connectivity index (χ4v) is 12.2. The van der Waals surface area contributed by atoms with Gasteiger partial charge in [-0.2, -0.15) is 0 Å². The van der Waals surface area contributed by atoms with E-state index >= 15 is 0 Å². The SMILES string of the molecule is COc1cc(/C=C/C(=O)O[C@H]2CC[C@@]3(C)[C@H]4CC[C@]5(C)C(=CC[C@@]6(C)CCC(C)(C)C[C@H]65)[C@]4(C)CC[C@H]3C2(C)C)ccc1O. The van der Waals surface area contributed by atoms with Crippen LogP contribution >= 0.6 is 0 Å². The summed E-state index contributed by atoms with van der Waals surface area (Å²) in [6, 6.07) is 5.07. The first-order valence-electron chi connectivity index (χ1n) is 17.5. The fourth-order valence-electron chi connectivity index (χ4n) is 12.2. The van der Waals surface area contributed by atoms with Gasteiger partial charge in [0, 0.05) is 11.5 Å². The quantitative estimate of drug-likeness (QED) is 0.212. The minimum Gasteiger partial charge on any atom is -0.504 e. The lowest BCUT2D eigenvalue weighted by atomic mass is 9.34. The number of phenols is 1. The van der Waals surface area contributed by atoms with Crippen LogP contribution in [0.15, 0.2) is 35.9 Å². The smallest absolute Gasteiger partial charge is 0.331 e. The number of benzene rings is 1. The Balaban J connectivity index is 1.21. The van der Waals surface area contributed by atoms with Gasteiger partial charge >= 0.3 is 5.97 Å². The first-order chi connectivity index (χ1) is 20.5. The number of methoxy groups -OCH3 is 1. The maximum absolute atomic E-state index is 13.1. The first kappa shape index (κ1) is 31.7. The lowest BCUT2D eigenvalue weighted by Crippen LogP contribution is -2.63. The maximum Gasteiger partial charge on any atom is 0.331 e. The van der Waals surface area contributed by atoms with Crippen LogP contribution in [0.3, 0.4) is 0 Å². The highest BCUT2D eigenvalue weighted by Gasteiger charge is 2.67. The van der Waals surface area contributed by atoms with Gasteiger partial charge in [0.2, 0.25) is 0 Å². The molecular formula is C40H58O4. The predicted octanol–water partition coefficient (Wildman–Crippen LogP) is 10.1. The van der Waals surface area contributed by atoms with Crippen LogP contribution in [0.25, 0.3) is 6.08 Å². The van der Waals surface area contributed by atoms with Crippen LogP contribution in [0, 0.1) is 50.2 Å². The number of hydrogen-bond acceptors (Lipinski definition) is 4. The van der Waals surface area contributed by atoms with Crippen molar-refractivity contribution in [2.75, 3.05) is 7.11 Å². The topological polar surface area (TPSA) is 55.8 Å². The van der Waals surface area contributed by atoms with Crippen molar-refractivity contribution in [3.63, 3.8) is 0 Å². The number of carbonyl (C=O) groups is 1. The summed E-state index contributed by atoms with van der Waals surface area (Å²) in [6.07, 6.45) is 18.4. The molecule has 1 aromatic rings. The molecule has 0 unspecified atom stereocenters. The molecular weight excluding hydrogens is 544 g/mol. The monoisotopic (exact) mass is 602 g/mol. The van der Waals surface area contributed by atoms with E-state index in [-0.39, 0.29) is 34.1 Å². The number of esters is 1. The predicted molar refractivity (Wildman–Crippen MR) is 178 cm³/mol. The third-order valence-electron chi connectivity index (χ3n) is 14.6. The highest BCUT2D eigenvalue weighted by Crippen LogP contribution is 2.75. The molecule has 0 aromatic heterocycles. The molecule has 8 atom stereocenters. The number of carbonyl (C=O) groups excluding carboxylic acids is 1. The Kier molecular flexibility index (Phi) is 7.50. The van der Waals surface area contributed by atoms with Crippen LogP contribution in [0.1, 0.15) is 125 Å². The second-order valence-corrected chi connectivity index (χ2v) is 18.0. The molecule has 1 N–H and O–H groups in total. The molecule has 4 saturated carbocycles. The van der Waals surface area contributed by atoms with Crippen molar-refractivity contribution in [2.24, 2.45) is 50.2 Å². The standard InChI is InChI=1S/C40H58O4/c1-35(2)22-23-37(5)18-14-30-39(7)19-15-29-36(3,4)33(44-34(42)13-11-26-10-12-27(41)28(24-26)43-9)17-21-38(29,6)31(39)16-20-40(30,8)32(37)25-35/h10-14,24,29,31-33,41H,15-23,25H2,1-9H3/b13-11+/t29-,31+,32+,33-,37-,38+,39-,40+/m0/s1. The number of phenolic OH excluding ortho intramolecular Hbond substituents is 1. The van der Waals surface area contributed by atoms with Crippen molar-refractivity contribution in [1.82, 2.24) is 0 Å². The van der Waals surface area contributed by atoms with E-state index in [1.54, 1.807) is 24.3 Å². The molecule has 4 nitrogen and oxygen atoms in total. The number of allylic oxidation sites excluding steroid dienone is 2. The highest BCUT2D eigenvalue weighted by atomic mass is 16.5. The minimum absolute atomic E-state index is 0.0848. The molecule has 6 rings (SSSR count). The van der Waals surface area contributed by atoms with Gasteiger partial charge in [-0.15, -0.1) is 0 Å². The Labute approximate surface area is 267 Å². The Morgan fingerprint density at radius 1 is 0.864 bits per heavy atom. The molecule has 0 amide bonds. The van der Waals surface area contributed by atoms with Crippen molar-refractivity contribution in [3.8, 4) is 11.5 Å². The van der Waals surface area contributed by atoms with Crippen LogP contribution < -0.4 is 4.74 Å². The Bertz CT molecular complexity index is 1370. The van der Waals surface area contributed by atoms with E-state index in [1.807, 2.05) is 5.57 Å². The molecule has 0 bridgehead atoms. The summed E-state index contributed by atoms with van der Waals surface area (Å²) < 4.78 is 11.5. The second kappa shape index (κ2) is 10.4. The van der Waals surface area contributed by atoms with E-state index in [0.29, 0.717) is 33.8 Å². The Morgan fingerprint density at radius 2 is 1.55 bits per heavy atom. The van der Waals surface area contributed by atoms with Crippen LogP contribution in [-0.2, 0) is 9.53 Å². The van der Waals surface area contributed by atoms with Crippen molar-refractivity contribution in [3.05, 3.63) is 41.5 Å². The number of fused-ring (bicyclic) bond motifs is 7. The van der Waals surface area contributed by atoms with Gasteiger partial charge in [-0.3, -0.25) is 0 Å². The van der Waals surface area contributed by atoms with E-state index in [0.717, 1.165) is 24.3 Å². The average Bonchev–Trinajstić information content (AvgIpc) is 2.94. The highest BCUT2D eigenvalue weighted by molar-refractivity contribution is 5.87. The minimum atomic E-state index is -0.293. The molecule has 0 radical (unpaired) electrons. The van der Waals surface area contributed by atoms with E-state index in [2.05, 4.69) is 61.5 Å². The van der Waals surface area contributed by atoms with Crippen LogP contribution in [0.2, 0.25) is 0 Å². The van der Waals surface area contributed by atoms with Crippen LogP contribution in [0.4, 0.5) is 0 Å². The van der Waals surface area contributed by atoms with Gasteiger partial charge in [0.15, 0.2) is 11.5 Å². The summed E-state index contributed by atoms with van der Waals surface area (Å²) in [5.74, 6) is 2.16. The van der Waals surface area contributed by atoms with Gasteiger partial charge in [-0.25, -0.2) is 4.79 Å². The summed E-state index contributed by atoms with van der Waals surface area (Å²) in [7, 11) is 1.52. The first-order valence-corrected chi connectivity index (χ1v) is 17.5. The zero-order valence-electron chi connectivity index (χ0n) is 29.0. The third-order valence-corrected chi connectivity index (χ3v) is 14.6. The Morgan fingerprint density at radius 3 is 2.25 bits per heavy atom. The number of hydrogen-bond donors (Lipinski definition) is 1. The van der Waals surface area contributed by atoms with Crippen LogP contribution in [-0.4, -0.2) is 24.3 Å². The van der Waals surface area contributed by atoms with Gasteiger partial charge in [0.25, 0.3) is 0 Å². The van der Waals surface area contributed by atoms with Gasteiger partial charge in [0.1, 0.15) is 6.10 Å². The lowest BCUT2D eigenvalue weighted by molar-refractivity contribution is -0.197. The molecule has 1 aromatic carbocycles.